The lowest BCUT2D eigenvalue weighted by Crippen LogP contribution is -2.50. The van der Waals surface area contributed by atoms with Gasteiger partial charge in [-0.05, 0) is 36.2 Å². The van der Waals surface area contributed by atoms with E-state index in [1.165, 1.54) is 0 Å². The van der Waals surface area contributed by atoms with Crippen molar-refractivity contribution in [2.45, 2.75) is 20.4 Å². The molecule has 3 aromatic heterocycles. The van der Waals surface area contributed by atoms with Gasteiger partial charge in [0.15, 0.2) is 5.82 Å². The van der Waals surface area contributed by atoms with E-state index < -0.39 is 0 Å². The number of piperazine rings is 1. The molecule has 1 fully saturated rings. The first-order valence-electron chi connectivity index (χ1n) is 11.0. The SMILES string of the molecule is CC(C)Cn1c(=O)c(N2CCN(C(=O)c3ccc4[nH]ccc4c3)CC2)nc2ccncc21. The van der Waals surface area contributed by atoms with Crippen molar-refractivity contribution in [3.8, 4) is 0 Å². The maximum atomic E-state index is 13.3. The molecule has 4 aromatic rings. The van der Waals surface area contributed by atoms with Gasteiger partial charge >= 0.3 is 0 Å². The molecule has 0 unspecified atom stereocenters. The van der Waals surface area contributed by atoms with Gasteiger partial charge in [-0.3, -0.25) is 14.6 Å². The molecule has 5 rings (SSSR count). The molecule has 0 saturated carbocycles. The molecule has 32 heavy (non-hydrogen) atoms. The van der Waals surface area contributed by atoms with Crippen LogP contribution in [0.15, 0.2) is 53.7 Å². The zero-order valence-electron chi connectivity index (χ0n) is 18.3. The second kappa shape index (κ2) is 8.11. The normalized spacial score (nSPS) is 14.6. The highest BCUT2D eigenvalue weighted by Crippen LogP contribution is 2.19. The fourth-order valence-corrected chi connectivity index (χ4v) is 4.32. The molecule has 1 aliphatic rings. The van der Waals surface area contributed by atoms with Crippen LogP contribution >= 0.6 is 0 Å². The van der Waals surface area contributed by atoms with Gasteiger partial charge in [-0.1, -0.05) is 13.8 Å². The second-order valence-electron chi connectivity index (χ2n) is 8.67. The number of anilines is 1. The fraction of sp³-hybridized carbons (Fsp3) is 0.333. The highest BCUT2D eigenvalue weighted by Gasteiger charge is 2.25. The molecule has 0 atom stereocenters. The van der Waals surface area contributed by atoms with Crippen LogP contribution in [0.1, 0.15) is 24.2 Å². The number of nitrogens with one attached hydrogen (secondary N) is 1. The molecule has 4 heterocycles. The van der Waals surface area contributed by atoms with E-state index in [1.807, 2.05) is 46.3 Å². The van der Waals surface area contributed by atoms with E-state index in [0.717, 1.165) is 21.9 Å². The summed E-state index contributed by atoms with van der Waals surface area (Å²) in [6.45, 7) is 7.01. The lowest BCUT2D eigenvalue weighted by atomic mass is 10.1. The molecular formula is C24H26N6O2. The van der Waals surface area contributed by atoms with Crippen molar-refractivity contribution < 1.29 is 4.79 Å². The van der Waals surface area contributed by atoms with Crippen LogP contribution in [0, 0.1) is 5.92 Å². The maximum Gasteiger partial charge on any atom is 0.294 e. The first kappa shape index (κ1) is 20.2. The van der Waals surface area contributed by atoms with E-state index in [4.69, 9.17) is 0 Å². The maximum absolute atomic E-state index is 13.3. The Morgan fingerprint density at radius 1 is 1.12 bits per heavy atom. The molecule has 8 heteroatoms. The van der Waals surface area contributed by atoms with Gasteiger partial charge < -0.3 is 19.4 Å². The third-order valence-electron chi connectivity index (χ3n) is 5.95. The highest BCUT2D eigenvalue weighted by molar-refractivity contribution is 5.98. The minimum absolute atomic E-state index is 0.0162. The molecule has 0 radical (unpaired) electrons. The summed E-state index contributed by atoms with van der Waals surface area (Å²) in [4.78, 5) is 42.2. The Balaban J connectivity index is 1.38. The van der Waals surface area contributed by atoms with Crippen LogP contribution < -0.4 is 10.5 Å². The number of fused-ring (bicyclic) bond motifs is 2. The van der Waals surface area contributed by atoms with E-state index >= 15 is 0 Å². The molecule has 1 aromatic carbocycles. The summed E-state index contributed by atoms with van der Waals surface area (Å²) in [6, 6.07) is 9.52. The van der Waals surface area contributed by atoms with Crippen LogP contribution in [0.3, 0.4) is 0 Å². The van der Waals surface area contributed by atoms with Crippen molar-refractivity contribution >= 4 is 33.7 Å². The Labute approximate surface area is 185 Å². The highest BCUT2D eigenvalue weighted by atomic mass is 16.2. The number of benzene rings is 1. The standard InChI is InChI=1S/C24H26N6O2/c1-16(2)15-30-21-14-25-7-6-20(21)27-22(24(30)32)28-9-11-29(12-10-28)23(31)18-3-4-19-17(13-18)5-8-26-19/h3-8,13-14,16,26H,9-12,15H2,1-2H3. The van der Waals surface area contributed by atoms with Crippen molar-refractivity contribution in [3.05, 3.63) is 64.8 Å². The topological polar surface area (TPSA) is 87.1 Å². The number of H-pyrrole nitrogens is 1. The van der Waals surface area contributed by atoms with E-state index in [0.29, 0.717) is 50.0 Å². The Kier molecular flexibility index (Phi) is 5.13. The van der Waals surface area contributed by atoms with Crippen LogP contribution in [0.2, 0.25) is 0 Å². The molecule has 1 aliphatic heterocycles. The predicted molar refractivity (Wildman–Crippen MR) is 125 cm³/mol. The van der Waals surface area contributed by atoms with Gasteiger partial charge in [-0.2, -0.15) is 0 Å². The average Bonchev–Trinajstić information content (AvgIpc) is 3.28. The molecule has 1 amide bonds. The third kappa shape index (κ3) is 3.62. The molecule has 1 saturated heterocycles. The van der Waals surface area contributed by atoms with Gasteiger partial charge in [0.05, 0.1) is 17.2 Å². The average molecular weight is 431 g/mol. The number of nitrogens with zero attached hydrogens (tertiary/aromatic N) is 5. The van der Waals surface area contributed by atoms with Gasteiger partial charge in [0.1, 0.15) is 0 Å². The lowest BCUT2D eigenvalue weighted by Gasteiger charge is -2.35. The monoisotopic (exact) mass is 430 g/mol. The van der Waals surface area contributed by atoms with Gasteiger partial charge in [-0.25, -0.2) is 4.98 Å². The summed E-state index contributed by atoms with van der Waals surface area (Å²) in [5.74, 6) is 0.783. The quantitative estimate of drug-likeness (QED) is 0.538. The first-order valence-corrected chi connectivity index (χ1v) is 11.0. The van der Waals surface area contributed by atoms with E-state index in [9.17, 15) is 9.59 Å². The lowest BCUT2D eigenvalue weighted by molar-refractivity contribution is 0.0746. The predicted octanol–water partition coefficient (Wildman–Crippen LogP) is 2.89. The summed E-state index contributed by atoms with van der Waals surface area (Å²) < 4.78 is 1.78. The van der Waals surface area contributed by atoms with Crippen molar-refractivity contribution in [1.29, 1.82) is 0 Å². The van der Waals surface area contributed by atoms with Crippen LogP contribution in [-0.2, 0) is 6.54 Å². The number of carbonyl (C=O) groups excluding carboxylic acids is 1. The van der Waals surface area contributed by atoms with Crippen LogP contribution in [-0.4, -0.2) is 56.5 Å². The van der Waals surface area contributed by atoms with E-state index in [-0.39, 0.29) is 11.5 Å². The first-order chi connectivity index (χ1) is 15.5. The molecule has 0 spiro atoms. The Morgan fingerprint density at radius 3 is 2.72 bits per heavy atom. The van der Waals surface area contributed by atoms with Crippen LogP contribution in [0.25, 0.3) is 21.9 Å². The number of hydrogen-bond donors (Lipinski definition) is 1. The number of rotatable bonds is 4. The van der Waals surface area contributed by atoms with Gasteiger partial charge in [0, 0.05) is 61.6 Å². The Morgan fingerprint density at radius 2 is 1.94 bits per heavy atom. The van der Waals surface area contributed by atoms with Gasteiger partial charge in [0.25, 0.3) is 11.5 Å². The summed E-state index contributed by atoms with van der Waals surface area (Å²) in [7, 11) is 0. The molecule has 8 nitrogen and oxygen atoms in total. The van der Waals surface area contributed by atoms with Crippen molar-refractivity contribution in [2.75, 3.05) is 31.1 Å². The van der Waals surface area contributed by atoms with Crippen molar-refractivity contribution in [2.24, 2.45) is 5.92 Å². The number of aromatic amines is 1. The minimum atomic E-state index is -0.100. The minimum Gasteiger partial charge on any atom is -0.361 e. The second-order valence-corrected chi connectivity index (χ2v) is 8.67. The molecular weight excluding hydrogens is 404 g/mol. The third-order valence-corrected chi connectivity index (χ3v) is 5.95. The van der Waals surface area contributed by atoms with Crippen molar-refractivity contribution in [3.63, 3.8) is 0 Å². The van der Waals surface area contributed by atoms with Gasteiger partial charge in [0.2, 0.25) is 0 Å². The smallest absolute Gasteiger partial charge is 0.294 e. The zero-order valence-corrected chi connectivity index (χ0v) is 18.3. The number of pyridine rings is 1. The number of hydrogen-bond acceptors (Lipinski definition) is 5. The van der Waals surface area contributed by atoms with Crippen LogP contribution in [0.4, 0.5) is 5.82 Å². The van der Waals surface area contributed by atoms with E-state index in [2.05, 4.69) is 28.8 Å². The number of carbonyl (C=O) groups is 1. The number of aromatic nitrogens is 4. The molecule has 164 valence electrons. The summed E-state index contributed by atoms with van der Waals surface area (Å²) in [5.41, 5.74) is 3.11. The number of amides is 1. The summed E-state index contributed by atoms with van der Waals surface area (Å²) in [5, 5.41) is 1.02. The zero-order chi connectivity index (χ0) is 22.2. The summed E-state index contributed by atoms with van der Waals surface area (Å²) >= 11 is 0. The summed E-state index contributed by atoms with van der Waals surface area (Å²) in [6.07, 6.45) is 5.27. The molecule has 0 aliphatic carbocycles. The fourth-order valence-electron chi connectivity index (χ4n) is 4.32. The van der Waals surface area contributed by atoms with Gasteiger partial charge in [-0.15, -0.1) is 0 Å². The van der Waals surface area contributed by atoms with E-state index in [1.54, 1.807) is 17.0 Å². The van der Waals surface area contributed by atoms with Crippen molar-refractivity contribution in [1.82, 2.24) is 24.4 Å². The Bertz CT molecular complexity index is 1350. The molecule has 0 bridgehead atoms. The largest absolute Gasteiger partial charge is 0.361 e. The Hall–Kier alpha value is -3.68. The van der Waals surface area contributed by atoms with Crippen LogP contribution in [0.5, 0.6) is 0 Å². The molecule has 1 N–H and O–H groups in total.